The van der Waals surface area contributed by atoms with Crippen molar-refractivity contribution < 1.29 is 13.2 Å². The molecule has 0 bridgehead atoms. The first-order valence-corrected chi connectivity index (χ1v) is 10.1. The molecule has 1 amide bonds. The summed E-state index contributed by atoms with van der Waals surface area (Å²) in [5.74, 6) is -0.0860. The molecule has 0 aromatic heterocycles. The Hall–Kier alpha value is -2.22. The van der Waals surface area contributed by atoms with E-state index in [0.29, 0.717) is 18.7 Å². The second-order valence-corrected chi connectivity index (χ2v) is 8.21. The third-order valence-corrected chi connectivity index (χ3v) is 5.74. The van der Waals surface area contributed by atoms with Crippen molar-refractivity contribution in [1.29, 1.82) is 0 Å². The Bertz CT molecular complexity index is 867. The lowest BCUT2D eigenvalue weighted by molar-refractivity contribution is 0.0547. The molecule has 0 saturated carbocycles. The summed E-state index contributed by atoms with van der Waals surface area (Å²) in [5, 5.41) is 5.10. The first kappa shape index (κ1) is 18.6. The average molecular weight is 373 g/mol. The number of rotatable bonds is 4. The molecule has 0 aliphatic carbocycles. The van der Waals surface area contributed by atoms with Gasteiger partial charge in [-0.15, -0.1) is 0 Å². The summed E-state index contributed by atoms with van der Waals surface area (Å²) in [6.07, 6.45) is 0.880. The van der Waals surface area contributed by atoms with Crippen LogP contribution in [0.1, 0.15) is 15.9 Å². The number of benzene rings is 2. The highest BCUT2D eigenvalue weighted by molar-refractivity contribution is 7.89. The predicted octanol–water partition coefficient (Wildman–Crippen LogP) is 1.33. The Labute approximate surface area is 154 Å². The van der Waals surface area contributed by atoms with Crippen LogP contribution in [0.5, 0.6) is 0 Å². The molecule has 1 saturated heterocycles. The first-order valence-electron chi connectivity index (χ1n) is 8.51. The molecule has 1 aliphatic heterocycles. The fourth-order valence-electron chi connectivity index (χ4n) is 3.21. The molecule has 1 atom stereocenters. The molecule has 2 N–H and O–H groups in total. The maximum Gasteiger partial charge on any atom is 0.253 e. The largest absolute Gasteiger partial charge is 0.336 e. The molecule has 6 nitrogen and oxygen atoms in total. The number of carbonyl (C=O) groups is 1. The van der Waals surface area contributed by atoms with Gasteiger partial charge in [0.1, 0.15) is 0 Å². The highest BCUT2D eigenvalue weighted by Gasteiger charge is 2.28. The topological polar surface area (TPSA) is 83.7 Å². The van der Waals surface area contributed by atoms with E-state index in [9.17, 15) is 13.2 Å². The molecule has 26 heavy (non-hydrogen) atoms. The van der Waals surface area contributed by atoms with Crippen molar-refractivity contribution in [3.8, 4) is 0 Å². The number of nitrogens with zero attached hydrogens (tertiary/aromatic N) is 2. The van der Waals surface area contributed by atoms with Crippen molar-refractivity contribution in [1.82, 2.24) is 9.80 Å². The number of hydrogen-bond acceptors (Lipinski definition) is 4. The minimum absolute atomic E-state index is 0.00869. The minimum Gasteiger partial charge on any atom is -0.336 e. The number of primary sulfonamides is 1. The van der Waals surface area contributed by atoms with E-state index in [2.05, 4.69) is 24.1 Å². The molecule has 0 unspecified atom stereocenters. The number of amides is 1. The molecule has 138 valence electrons. The number of likely N-dealkylation sites (N-methyl/N-ethyl adjacent to an activating group) is 1. The van der Waals surface area contributed by atoms with E-state index in [4.69, 9.17) is 5.14 Å². The van der Waals surface area contributed by atoms with Crippen LogP contribution in [-0.2, 0) is 16.4 Å². The zero-order chi connectivity index (χ0) is 18.7. The summed E-state index contributed by atoms with van der Waals surface area (Å²) in [7, 11) is -1.67. The van der Waals surface area contributed by atoms with Crippen LogP contribution < -0.4 is 5.14 Å². The summed E-state index contributed by atoms with van der Waals surface area (Å²) in [5.41, 5.74) is 1.72. The molecule has 2 aromatic rings. The molecule has 7 heteroatoms. The summed E-state index contributed by atoms with van der Waals surface area (Å²) >= 11 is 0. The van der Waals surface area contributed by atoms with Gasteiger partial charge in [-0.3, -0.25) is 9.69 Å². The van der Waals surface area contributed by atoms with Gasteiger partial charge in [-0.2, -0.15) is 0 Å². The third kappa shape index (κ3) is 4.30. The van der Waals surface area contributed by atoms with Crippen molar-refractivity contribution >= 4 is 15.9 Å². The van der Waals surface area contributed by atoms with E-state index in [0.717, 1.165) is 13.0 Å². The Morgan fingerprint density at radius 3 is 2.35 bits per heavy atom. The zero-order valence-electron chi connectivity index (χ0n) is 14.7. The molecule has 1 aliphatic rings. The molecule has 0 radical (unpaired) electrons. The third-order valence-electron chi connectivity index (χ3n) is 4.81. The summed E-state index contributed by atoms with van der Waals surface area (Å²) < 4.78 is 22.7. The van der Waals surface area contributed by atoms with Crippen LogP contribution >= 0.6 is 0 Å². The van der Waals surface area contributed by atoms with Gasteiger partial charge >= 0.3 is 0 Å². The van der Waals surface area contributed by atoms with Gasteiger partial charge in [0.15, 0.2) is 0 Å². The lowest BCUT2D eigenvalue weighted by Gasteiger charge is -2.39. The van der Waals surface area contributed by atoms with E-state index in [-0.39, 0.29) is 16.8 Å². The monoisotopic (exact) mass is 373 g/mol. The van der Waals surface area contributed by atoms with Gasteiger partial charge in [-0.1, -0.05) is 30.3 Å². The number of piperazine rings is 1. The van der Waals surface area contributed by atoms with Gasteiger partial charge in [0.05, 0.1) is 4.90 Å². The number of sulfonamides is 1. The molecule has 2 aromatic carbocycles. The minimum atomic E-state index is -3.75. The normalized spacial score (nSPS) is 18.7. The SMILES string of the molecule is CN1CCN(C(=O)c2ccc(S(N)(=O)=O)cc2)C[C@@H]1Cc1ccccc1. The summed E-state index contributed by atoms with van der Waals surface area (Å²) in [4.78, 5) is 16.9. The smallest absolute Gasteiger partial charge is 0.253 e. The maximum atomic E-state index is 12.8. The Balaban J connectivity index is 1.71. The van der Waals surface area contributed by atoms with Gasteiger partial charge in [0, 0.05) is 31.2 Å². The number of hydrogen-bond donors (Lipinski definition) is 1. The number of carbonyl (C=O) groups excluding carboxylic acids is 1. The fraction of sp³-hybridized carbons (Fsp3) is 0.316. The second kappa shape index (κ2) is 7.57. The van der Waals surface area contributed by atoms with Crippen molar-refractivity contribution in [3.05, 3.63) is 65.7 Å². The van der Waals surface area contributed by atoms with Crippen molar-refractivity contribution in [2.24, 2.45) is 5.14 Å². The van der Waals surface area contributed by atoms with Crippen LogP contribution in [0.25, 0.3) is 0 Å². The lowest BCUT2D eigenvalue weighted by Crippen LogP contribution is -2.54. The predicted molar refractivity (Wildman–Crippen MR) is 100 cm³/mol. The quantitative estimate of drug-likeness (QED) is 0.876. The van der Waals surface area contributed by atoms with E-state index >= 15 is 0 Å². The molecule has 1 heterocycles. The zero-order valence-corrected chi connectivity index (χ0v) is 15.5. The van der Waals surface area contributed by atoms with E-state index in [1.807, 2.05) is 23.1 Å². The van der Waals surface area contributed by atoms with Crippen LogP contribution in [0, 0.1) is 0 Å². The van der Waals surface area contributed by atoms with E-state index < -0.39 is 10.0 Å². The van der Waals surface area contributed by atoms with E-state index in [1.54, 1.807) is 0 Å². The first-order chi connectivity index (χ1) is 12.3. The Kier molecular flexibility index (Phi) is 5.41. The summed E-state index contributed by atoms with van der Waals surface area (Å²) in [6, 6.07) is 16.3. The lowest BCUT2D eigenvalue weighted by atomic mass is 10.0. The van der Waals surface area contributed by atoms with Crippen molar-refractivity contribution in [2.45, 2.75) is 17.4 Å². The summed E-state index contributed by atoms with van der Waals surface area (Å²) in [6.45, 7) is 2.09. The van der Waals surface area contributed by atoms with Crippen LogP contribution in [0.3, 0.4) is 0 Å². The van der Waals surface area contributed by atoms with Crippen LogP contribution in [-0.4, -0.2) is 56.8 Å². The molecule has 1 fully saturated rings. The number of nitrogens with two attached hydrogens (primary N) is 1. The highest BCUT2D eigenvalue weighted by atomic mass is 32.2. The molecular formula is C19H23N3O3S. The Morgan fingerprint density at radius 2 is 1.73 bits per heavy atom. The standard InChI is InChI=1S/C19H23N3O3S/c1-21-11-12-22(14-17(21)13-15-5-3-2-4-6-15)19(23)16-7-9-18(10-8-16)26(20,24)25/h2-10,17H,11-14H2,1H3,(H2,20,24,25)/t17-/m0/s1. The fourth-order valence-corrected chi connectivity index (χ4v) is 3.72. The van der Waals surface area contributed by atoms with Crippen LogP contribution in [0.4, 0.5) is 0 Å². The molecule has 3 rings (SSSR count). The van der Waals surface area contributed by atoms with Crippen LogP contribution in [0.2, 0.25) is 0 Å². The highest BCUT2D eigenvalue weighted by Crippen LogP contribution is 2.17. The molecular weight excluding hydrogens is 350 g/mol. The average Bonchev–Trinajstić information content (AvgIpc) is 2.63. The van der Waals surface area contributed by atoms with Gasteiger partial charge in [0.25, 0.3) is 5.91 Å². The van der Waals surface area contributed by atoms with E-state index in [1.165, 1.54) is 29.8 Å². The second-order valence-electron chi connectivity index (χ2n) is 6.64. The van der Waals surface area contributed by atoms with Gasteiger partial charge in [-0.05, 0) is 43.3 Å². The van der Waals surface area contributed by atoms with Gasteiger partial charge < -0.3 is 4.90 Å². The molecule has 0 spiro atoms. The Morgan fingerprint density at radius 1 is 1.08 bits per heavy atom. The van der Waals surface area contributed by atoms with Crippen molar-refractivity contribution in [2.75, 3.05) is 26.7 Å². The van der Waals surface area contributed by atoms with Gasteiger partial charge in [-0.25, -0.2) is 13.6 Å². The van der Waals surface area contributed by atoms with Crippen LogP contribution in [0.15, 0.2) is 59.5 Å². The maximum absolute atomic E-state index is 12.8. The van der Waals surface area contributed by atoms with Gasteiger partial charge in [0.2, 0.25) is 10.0 Å². The van der Waals surface area contributed by atoms with Crippen molar-refractivity contribution in [3.63, 3.8) is 0 Å².